The van der Waals surface area contributed by atoms with Crippen molar-refractivity contribution in [1.82, 2.24) is 4.98 Å². The van der Waals surface area contributed by atoms with Crippen LogP contribution in [0.1, 0.15) is 17.3 Å². The van der Waals surface area contributed by atoms with Crippen LogP contribution in [0.3, 0.4) is 0 Å². The van der Waals surface area contributed by atoms with Crippen LogP contribution < -0.4 is 4.74 Å². The van der Waals surface area contributed by atoms with Crippen molar-refractivity contribution in [2.24, 2.45) is 0 Å². The lowest BCUT2D eigenvalue weighted by atomic mass is 10.3. The molecule has 0 spiro atoms. The molecule has 1 aromatic heterocycles. The molecule has 0 saturated carbocycles. The molecule has 0 fully saturated rings. The van der Waals surface area contributed by atoms with Crippen LogP contribution in [-0.4, -0.2) is 24.7 Å². The minimum absolute atomic E-state index is 0.0768. The third-order valence-corrected chi connectivity index (χ3v) is 1.48. The van der Waals surface area contributed by atoms with Crippen LogP contribution in [0.15, 0.2) is 12.1 Å². The molecule has 0 saturated heterocycles. The topological polar surface area (TPSA) is 48.4 Å². The van der Waals surface area contributed by atoms with E-state index < -0.39 is 11.9 Å². The Hall–Kier alpha value is -1.65. The summed E-state index contributed by atoms with van der Waals surface area (Å²) in [6, 6.07) is 2.33. The molecule has 14 heavy (non-hydrogen) atoms. The molecular formula is C9H10FNO3. The molecule has 0 atom stereocenters. The highest BCUT2D eigenvalue weighted by Crippen LogP contribution is 2.12. The van der Waals surface area contributed by atoms with Gasteiger partial charge in [0, 0.05) is 12.1 Å². The van der Waals surface area contributed by atoms with Crippen LogP contribution in [0.4, 0.5) is 4.39 Å². The van der Waals surface area contributed by atoms with Gasteiger partial charge in [-0.2, -0.15) is 9.37 Å². The number of rotatable bonds is 3. The molecule has 5 heteroatoms. The Bertz CT molecular complexity index is 341. The van der Waals surface area contributed by atoms with Gasteiger partial charge in [0.15, 0.2) is 0 Å². The molecule has 1 aromatic rings. The van der Waals surface area contributed by atoms with Gasteiger partial charge in [0.2, 0.25) is 11.8 Å². The molecule has 0 radical (unpaired) electrons. The normalized spacial score (nSPS) is 9.64. The zero-order valence-electron chi connectivity index (χ0n) is 7.91. The summed E-state index contributed by atoms with van der Waals surface area (Å²) >= 11 is 0. The largest absolute Gasteiger partial charge is 0.478 e. The smallest absolute Gasteiger partial charge is 0.338 e. The van der Waals surface area contributed by atoms with E-state index in [-0.39, 0.29) is 11.4 Å². The first-order chi connectivity index (χ1) is 6.67. The van der Waals surface area contributed by atoms with E-state index in [0.29, 0.717) is 6.61 Å². The summed E-state index contributed by atoms with van der Waals surface area (Å²) in [7, 11) is 1.22. The van der Waals surface area contributed by atoms with Crippen molar-refractivity contribution in [2.45, 2.75) is 6.92 Å². The second kappa shape index (κ2) is 4.55. The van der Waals surface area contributed by atoms with Gasteiger partial charge in [-0.15, -0.1) is 0 Å². The van der Waals surface area contributed by atoms with E-state index in [1.54, 1.807) is 6.92 Å². The van der Waals surface area contributed by atoms with Gasteiger partial charge in [0.1, 0.15) is 0 Å². The van der Waals surface area contributed by atoms with Crippen molar-refractivity contribution in [3.8, 4) is 5.88 Å². The molecular weight excluding hydrogens is 189 g/mol. The van der Waals surface area contributed by atoms with Gasteiger partial charge in [-0.25, -0.2) is 4.79 Å². The zero-order valence-corrected chi connectivity index (χ0v) is 7.91. The van der Waals surface area contributed by atoms with Crippen molar-refractivity contribution >= 4 is 5.97 Å². The van der Waals surface area contributed by atoms with Gasteiger partial charge in [0.05, 0.1) is 19.3 Å². The zero-order chi connectivity index (χ0) is 10.6. The van der Waals surface area contributed by atoms with Crippen molar-refractivity contribution in [1.29, 1.82) is 0 Å². The van der Waals surface area contributed by atoms with Crippen LogP contribution in [-0.2, 0) is 4.74 Å². The van der Waals surface area contributed by atoms with Crippen LogP contribution in [0.25, 0.3) is 0 Å². The van der Waals surface area contributed by atoms with Crippen molar-refractivity contribution in [2.75, 3.05) is 13.7 Å². The number of esters is 1. The number of carbonyl (C=O) groups excluding carboxylic acids is 1. The van der Waals surface area contributed by atoms with Gasteiger partial charge in [-0.1, -0.05) is 0 Å². The molecule has 0 amide bonds. The standard InChI is InChI=1S/C9H10FNO3/c1-3-14-8-5-6(9(12)13-2)4-7(10)11-8/h4-5H,3H2,1-2H3. The maximum absolute atomic E-state index is 12.8. The van der Waals surface area contributed by atoms with Gasteiger partial charge in [-0.05, 0) is 6.92 Å². The van der Waals surface area contributed by atoms with Gasteiger partial charge >= 0.3 is 5.97 Å². The minimum atomic E-state index is -0.767. The average molecular weight is 199 g/mol. The summed E-state index contributed by atoms with van der Waals surface area (Å²) in [5, 5.41) is 0. The number of pyridine rings is 1. The summed E-state index contributed by atoms with van der Waals surface area (Å²) < 4.78 is 22.2. The summed E-state index contributed by atoms with van der Waals surface area (Å²) in [4.78, 5) is 14.5. The fourth-order valence-electron chi connectivity index (χ4n) is 0.930. The van der Waals surface area contributed by atoms with Crippen LogP contribution >= 0.6 is 0 Å². The highest BCUT2D eigenvalue weighted by atomic mass is 19.1. The molecule has 4 nitrogen and oxygen atoms in total. The summed E-state index contributed by atoms with van der Waals surface area (Å²) in [6.07, 6.45) is 0. The maximum atomic E-state index is 12.8. The Morgan fingerprint density at radius 3 is 2.86 bits per heavy atom. The van der Waals surface area contributed by atoms with Crippen LogP contribution in [0.2, 0.25) is 0 Å². The van der Waals surface area contributed by atoms with E-state index in [9.17, 15) is 9.18 Å². The third kappa shape index (κ3) is 2.42. The van der Waals surface area contributed by atoms with Gasteiger partial charge < -0.3 is 9.47 Å². The molecule has 76 valence electrons. The summed E-state index contributed by atoms with van der Waals surface area (Å²) in [5.41, 5.74) is 0.0865. The van der Waals surface area contributed by atoms with E-state index >= 15 is 0 Å². The second-order valence-corrected chi connectivity index (χ2v) is 2.44. The quantitative estimate of drug-likeness (QED) is 0.545. The fraction of sp³-hybridized carbons (Fsp3) is 0.333. The number of halogens is 1. The highest BCUT2D eigenvalue weighted by Gasteiger charge is 2.10. The summed E-state index contributed by atoms with van der Waals surface area (Å²) in [6.45, 7) is 2.10. The lowest BCUT2D eigenvalue weighted by molar-refractivity contribution is 0.0599. The number of hydrogen-bond acceptors (Lipinski definition) is 4. The number of nitrogens with zero attached hydrogens (tertiary/aromatic N) is 1. The molecule has 0 aliphatic carbocycles. The Morgan fingerprint density at radius 2 is 2.29 bits per heavy atom. The number of hydrogen-bond donors (Lipinski definition) is 0. The molecule has 0 aliphatic rings. The van der Waals surface area contributed by atoms with E-state index in [0.717, 1.165) is 6.07 Å². The Morgan fingerprint density at radius 1 is 1.57 bits per heavy atom. The minimum Gasteiger partial charge on any atom is -0.478 e. The molecule has 0 aliphatic heterocycles. The number of methoxy groups -OCH3 is 1. The molecule has 0 N–H and O–H groups in total. The highest BCUT2D eigenvalue weighted by molar-refractivity contribution is 5.89. The first-order valence-electron chi connectivity index (χ1n) is 4.06. The van der Waals surface area contributed by atoms with E-state index in [1.165, 1.54) is 13.2 Å². The Labute approximate surface area is 80.7 Å². The second-order valence-electron chi connectivity index (χ2n) is 2.44. The van der Waals surface area contributed by atoms with Crippen LogP contribution in [0, 0.1) is 5.95 Å². The average Bonchev–Trinajstić information content (AvgIpc) is 2.16. The summed E-state index contributed by atoms with van der Waals surface area (Å²) in [5.74, 6) is -1.31. The maximum Gasteiger partial charge on any atom is 0.338 e. The van der Waals surface area contributed by atoms with Gasteiger partial charge in [-0.3, -0.25) is 0 Å². The Kier molecular flexibility index (Phi) is 3.39. The third-order valence-electron chi connectivity index (χ3n) is 1.48. The van der Waals surface area contributed by atoms with E-state index in [2.05, 4.69) is 9.72 Å². The molecule has 0 unspecified atom stereocenters. The van der Waals surface area contributed by atoms with Crippen molar-refractivity contribution in [3.05, 3.63) is 23.6 Å². The van der Waals surface area contributed by atoms with E-state index in [1.807, 2.05) is 0 Å². The number of carbonyl (C=O) groups is 1. The van der Waals surface area contributed by atoms with Gasteiger partial charge in [0.25, 0.3) is 0 Å². The first kappa shape index (κ1) is 10.4. The lowest BCUT2D eigenvalue weighted by Crippen LogP contribution is -2.04. The molecule has 1 rings (SSSR count). The SMILES string of the molecule is CCOc1cc(C(=O)OC)cc(F)n1. The first-order valence-corrected chi connectivity index (χ1v) is 4.06. The number of aromatic nitrogens is 1. The fourth-order valence-corrected chi connectivity index (χ4v) is 0.930. The molecule has 1 heterocycles. The van der Waals surface area contributed by atoms with Crippen LogP contribution in [0.5, 0.6) is 5.88 Å². The van der Waals surface area contributed by atoms with Crippen molar-refractivity contribution in [3.63, 3.8) is 0 Å². The van der Waals surface area contributed by atoms with E-state index in [4.69, 9.17) is 4.74 Å². The predicted octanol–water partition coefficient (Wildman–Crippen LogP) is 1.41. The molecule has 0 bridgehead atoms. The Balaban J connectivity index is 3.00. The monoisotopic (exact) mass is 199 g/mol. The molecule has 0 aromatic carbocycles. The number of ether oxygens (including phenoxy) is 2. The lowest BCUT2D eigenvalue weighted by Gasteiger charge is -2.04. The predicted molar refractivity (Wildman–Crippen MR) is 46.7 cm³/mol. The van der Waals surface area contributed by atoms with Crippen molar-refractivity contribution < 1.29 is 18.7 Å².